The van der Waals surface area contributed by atoms with Gasteiger partial charge in [-0.15, -0.1) is 0 Å². The monoisotopic (exact) mass is 271 g/mol. The second kappa shape index (κ2) is 4.75. The van der Waals surface area contributed by atoms with E-state index in [9.17, 15) is 31.5 Å². The molecule has 0 radical (unpaired) electrons. The number of aromatic nitrogens is 1. The predicted molar refractivity (Wildman–Crippen MR) is 48.4 cm³/mol. The Morgan fingerprint density at radius 3 is 2.33 bits per heavy atom. The minimum absolute atomic E-state index is 0.262. The van der Waals surface area contributed by atoms with Gasteiger partial charge in [-0.1, -0.05) is 0 Å². The summed E-state index contributed by atoms with van der Waals surface area (Å²) in [7, 11) is 0. The Morgan fingerprint density at radius 2 is 1.94 bits per heavy atom. The summed E-state index contributed by atoms with van der Waals surface area (Å²) in [5.74, 6) is -1.71. The normalized spacial score (nSPS) is 11.9. The molecule has 1 aromatic rings. The number of aromatic amines is 1. The Hall–Kier alpha value is -1.93. The standard InChI is InChI=1S/C9H6F5NO3/c10-8(11)4-1-5(16)15-7(9(12,13)14)3(4)2-6(17)18/h1,8H,2H2,(H,15,16)(H,17,18). The number of hydrogen-bond donors (Lipinski definition) is 2. The molecule has 0 atom stereocenters. The lowest BCUT2D eigenvalue weighted by Gasteiger charge is -2.14. The van der Waals surface area contributed by atoms with Gasteiger partial charge in [0.05, 0.1) is 6.42 Å². The molecule has 0 aliphatic rings. The average molecular weight is 271 g/mol. The number of pyridine rings is 1. The van der Waals surface area contributed by atoms with Gasteiger partial charge < -0.3 is 10.1 Å². The highest BCUT2D eigenvalue weighted by Gasteiger charge is 2.37. The molecule has 0 aromatic carbocycles. The summed E-state index contributed by atoms with van der Waals surface area (Å²) in [6, 6.07) is 0.262. The predicted octanol–water partition coefficient (Wildman–Crippen LogP) is 1.96. The molecular weight excluding hydrogens is 265 g/mol. The molecule has 0 aliphatic heterocycles. The average Bonchev–Trinajstić information content (AvgIpc) is 2.17. The summed E-state index contributed by atoms with van der Waals surface area (Å²) >= 11 is 0. The van der Waals surface area contributed by atoms with Crippen molar-refractivity contribution in [2.24, 2.45) is 0 Å². The van der Waals surface area contributed by atoms with Crippen LogP contribution in [-0.2, 0) is 17.4 Å². The van der Waals surface area contributed by atoms with Crippen LogP contribution in [0.3, 0.4) is 0 Å². The number of aliphatic carboxylic acids is 1. The van der Waals surface area contributed by atoms with Gasteiger partial charge in [0.2, 0.25) is 5.56 Å². The molecule has 0 bridgehead atoms. The van der Waals surface area contributed by atoms with Crippen LogP contribution in [-0.4, -0.2) is 16.1 Å². The third kappa shape index (κ3) is 3.05. The number of carboxylic acid groups (broad SMARTS) is 1. The molecule has 1 heterocycles. The summed E-state index contributed by atoms with van der Waals surface area (Å²) in [5, 5.41) is 8.43. The molecule has 100 valence electrons. The third-order valence-electron chi connectivity index (χ3n) is 2.03. The van der Waals surface area contributed by atoms with Crippen LogP contribution in [0.25, 0.3) is 0 Å². The van der Waals surface area contributed by atoms with E-state index in [2.05, 4.69) is 0 Å². The van der Waals surface area contributed by atoms with Crippen molar-refractivity contribution in [3.05, 3.63) is 33.2 Å². The molecule has 0 spiro atoms. The van der Waals surface area contributed by atoms with Crippen LogP contribution in [0.5, 0.6) is 0 Å². The van der Waals surface area contributed by atoms with E-state index >= 15 is 0 Å². The fourth-order valence-corrected chi connectivity index (χ4v) is 1.39. The maximum Gasteiger partial charge on any atom is 0.431 e. The van der Waals surface area contributed by atoms with Gasteiger partial charge in [-0.3, -0.25) is 9.59 Å². The van der Waals surface area contributed by atoms with Gasteiger partial charge in [0.1, 0.15) is 5.69 Å². The zero-order valence-corrected chi connectivity index (χ0v) is 8.52. The second-order valence-electron chi connectivity index (χ2n) is 3.31. The Bertz CT molecular complexity index is 520. The van der Waals surface area contributed by atoms with Crippen LogP contribution in [0.4, 0.5) is 22.0 Å². The summed E-state index contributed by atoms with van der Waals surface area (Å²) in [4.78, 5) is 22.6. The number of carbonyl (C=O) groups is 1. The summed E-state index contributed by atoms with van der Waals surface area (Å²) in [6.07, 6.45) is -9.75. The fourth-order valence-electron chi connectivity index (χ4n) is 1.39. The molecule has 4 nitrogen and oxygen atoms in total. The molecule has 0 saturated heterocycles. The lowest BCUT2D eigenvalue weighted by atomic mass is 10.0. The fraction of sp³-hybridized carbons (Fsp3) is 0.333. The molecule has 2 N–H and O–H groups in total. The van der Waals surface area contributed by atoms with E-state index in [1.807, 2.05) is 0 Å². The van der Waals surface area contributed by atoms with Gasteiger partial charge in [0.25, 0.3) is 6.43 Å². The lowest BCUT2D eigenvalue weighted by molar-refractivity contribution is -0.143. The van der Waals surface area contributed by atoms with Crippen molar-refractivity contribution in [1.82, 2.24) is 4.98 Å². The van der Waals surface area contributed by atoms with E-state index in [4.69, 9.17) is 5.11 Å². The first-order chi connectivity index (χ1) is 8.12. The first-order valence-electron chi connectivity index (χ1n) is 4.46. The first kappa shape index (κ1) is 14.1. The van der Waals surface area contributed by atoms with E-state index in [0.717, 1.165) is 0 Å². The van der Waals surface area contributed by atoms with Crippen molar-refractivity contribution in [1.29, 1.82) is 0 Å². The number of carboxylic acids is 1. The second-order valence-corrected chi connectivity index (χ2v) is 3.31. The Morgan fingerprint density at radius 1 is 1.39 bits per heavy atom. The van der Waals surface area contributed by atoms with Crippen molar-refractivity contribution in [3.63, 3.8) is 0 Å². The highest BCUT2D eigenvalue weighted by atomic mass is 19.4. The quantitative estimate of drug-likeness (QED) is 0.825. The van der Waals surface area contributed by atoms with Crippen LogP contribution in [0.2, 0.25) is 0 Å². The van der Waals surface area contributed by atoms with E-state index in [0.29, 0.717) is 0 Å². The minimum atomic E-state index is -5.12. The van der Waals surface area contributed by atoms with Gasteiger partial charge >= 0.3 is 12.1 Å². The Kier molecular flexibility index (Phi) is 3.73. The molecule has 0 amide bonds. The topological polar surface area (TPSA) is 70.2 Å². The molecule has 0 saturated carbocycles. The van der Waals surface area contributed by atoms with Gasteiger partial charge in [0.15, 0.2) is 0 Å². The van der Waals surface area contributed by atoms with E-state index < -0.39 is 47.4 Å². The smallest absolute Gasteiger partial charge is 0.431 e. The van der Waals surface area contributed by atoms with Crippen molar-refractivity contribution >= 4 is 5.97 Å². The summed E-state index contributed by atoms with van der Waals surface area (Å²) in [5.41, 5.74) is -5.49. The lowest BCUT2D eigenvalue weighted by Crippen LogP contribution is -2.22. The first-order valence-corrected chi connectivity index (χ1v) is 4.46. The summed E-state index contributed by atoms with van der Waals surface area (Å²) < 4.78 is 62.6. The number of H-pyrrole nitrogens is 1. The number of halogens is 5. The van der Waals surface area contributed by atoms with Crippen molar-refractivity contribution in [3.8, 4) is 0 Å². The van der Waals surface area contributed by atoms with E-state index in [-0.39, 0.29) is 6.07 Å². The maximum atomic E-state index is 12.5. The summed E-state index contributed by atoms with van der Waals surface area (Å²) in [6.45, 7) is 0. The van der Waals surface area contributed by atoms with Gasteiger partial charge in [0, 0.05) is 17.2 Å². The molecular formula is C9H6F5NO3. The highest BCUT2D eigenvalue weighted by Crippen LogP contribution is 2.33. The van der Waals surface area contributed by atoms with Crippen molar-refractivity contribution < 1.29 is 31.9 Å². The molecule has 18 heavy (non-hydrogen) atoms. The maximum absolute atomic E-state index is 12.5. The van der Waals surface area contributed by atoms with Crippen LogP contribution in [0.1, 0.15) is 23.2 Å². The number of rotatable bonds is 3. The number of nitrogens with one attached hydrogen (secondary N) is 1. The molecule has 1 rings (SSSR count). The van der Waals surface area contributed by atoms with E-state index in [1.54, 1.807) is 0 Å². The van der Waals surface area contributed by atoms with Gasteiger partial charge in [-0.05, 0) is 0 Å². The Labute approximate surface area is 96.1 Å². The highest BCUT2D eigenvalue weighted by molar-refractivity contribution is 5.71. The number of hydrogen-bond acceptors (Lipinski definition) is 2. The SMILES string of the molecule is O=C(O)Cc1c(C(F)F)cc(=O)[nH]c1C(F)(F)F. The minimum Gasteiger partial charge on any atom is -0.481 e. The van der Waals surface area contributed by atoms with Crippen LogP contribution < -0.4 is 5.56 Å². The molecule has 9 heteroatoms. The Balaban J connectivity index is 3.58. The van der Waals surface area contributed by atoms with Crippen LogP contribution in [0, 0.1) is 0 Å². The van der Waals surface area contributed by atoms with E-state index in [1.165, 1.54) is 4.98 Å². The van der Waals surface area contributed by atoms with Crippen LogP contribution in [0.15, 0.2) is 10.9 Å². The molecule has 0 aliphatic carbocycles. The number of alkyl halides is 5. The van der Waals surface area contributed by atoms with Crippen molar-refractivity contribution in [2.45, 2.75) is 19.0 Å². The van der Waals surface area contributed by atoms with Crippen LogP contribution >= 0.6 is 0 Å². The van der Waals surface area contributed by atoms with Gasteiger partial charge in [-0.25, -0.2) is 8.78 Å². The molecule has 1 aromatic heterocycles. The van der Waals surface area contributed by atoms with Gasteiger partial charge in [-0.2, -0.15) is 13.2 Å². The largest absolute Gasteiger partial charge is 0.481 e. The zero-order chi connectivity index (χ0) is 14.1. The zero-order valence-electron chi connectivity index (χ0n) is 8.52. The van der Waals surface area contributed by atoms with Crippen molar-refractivity contribution in [2.75, 3.05) is 0 Å². The third-order valence-corrected chi connectivity index (χ3v) is 2.03. The molecule has 0 unspecified atom stereocenters. The molecule has 0 fully saturated rings.